The normalized spacial score (nSPS) is 18.4. The van der Waals surface area contributed by atoms with Crippen molar-refractivity contribution in [2.45, 2.75) is 38.1 Å². The smallest absolute Gasteiger partial charge is 0.328 e. The average molecular weight is 244 g/mol. The first-order valence-corrected chi connectivity index (χ1v) is 6.01. The molecule has 0 radical (unpaired) electrons. The van der Waals surface area contributed by atoms with Crippen molar-refractivity contribution in [1.29, 1.82) is 0 Å². The topological polar surface area (TPSA) is 98.7 Å². The Morgan fingerprint density at radius 3 is 2.41 bits per heavy atom. The van der Waals surface area contributed by atoms with Gasteiger partial charge in [-0.15, -0.1) is 0 Å². The summed E-state index contributed by atoms with van der Waals surface area (Å²) in [5, 5.41) is 22.2. The zero-order valence-electron chi connectivity index (χ0n) is 9.82. The van der Waals surface area contributed by atoms with Crippen molar-refractivity contribution in [3.63, 3.8) is 0 Å². The van der Waals surface area contributed by atoms with E-state index in [0.717, 1.165) is 12.8 Å². The van der Waals surface area contributed by atoms with E-state index in [1.807, 2.05) is 0 Å². The van der Waals surface area contributed by atoms with Crippen molar-refractivity contribution in [1.82, 2.24) is 10.6 Å². The summed E-state index contributed by atoms with van der Waals surface area (Å²) in [6, 6.07) is -1.77. The number of urea groups is 1. The average Bonchev–Trinajstić information content (AvgIpc) is 2.34. The third-order valence-electron chi connectivity index (χ3n) is 3.06. The van der Waals surface area contributed by atoms with Crippen LogP contribution in [0.2, 0.25) is 0 Å². The molecule has 1 rings (SSSR count). The number of nitrogens with one attached hydrogen (secondary N) is 2. The molecule has 4 N–H and O–H groups in total. The second kappa shape index (κ2) is 7.11. The number of carbonyl (C=O) groups excluding carboxylic acids is 1. The lowest BCUT2D eigenvalue weighted by molar-refractivity contribution is -0.140. The molecule has 2 amide bonds. The fraction of sp³-hybridized carbons (Fsp3) is 0.818. The van der Waals surface area contributed by atoms with Crippen molar-refractivity contribution >= 4 is 12.0 Å². The molecule has 0 aromatic heterocycles. The van der Waals surface area contributed by atoms with E-state index in [0.29, 0.717) is 12.5 Å². The standard InChI is InChI=1S/C11H20N2O4/c14-7-9(10(15)16)13-11(17)12-6-8-4-2-1-3-5-8/h8-9,14H,1-7H2,(H,15,16)(H2,12,13,17)/t9-/m0/s1. The van der Waals surface area contributed by atoms with Gasteiger partial charge in [-0.3, -0.25) is 0 Å². The molecule has 0 saturated heterocycles. The van der Waals surface area contributed by atoms with Gasteiger partial charge in [-0.05, 0) is 18.8 Å². The van der Waals surface area contributed by atoms with Gasteiger partial charge in [0, 0.05) is 6.54 Å². The summed E-state index contributed by atoms with van der Waals surface area (Å²) in [4.78, 5) is 21.9. The first kappa shape index (κ1) is 13.8. The monoisotopic (exact) mass is 244 g/mol. The van der Waals surface area contributed by atoms with Crippen molar-refractivity contribution in [3.8, 4) is 0 Å². The number of hydrogen-bond donors (Lipinski definition) is 4. The van der Waals surface area contributed by atoms with Crippen LogP contribution in [-0.4, -0.2) is 41.4 Å². The fourth-order valence-electron chi connectivity index (χ4n) is 2.02. The van der Waals surface area contributed by atoms with Gasteiger partial charge < -0.3 is 20.8 Å². The Kier molecular flexibility index (Phi) is 5.76. The van der Waals surface area contributed by atoms with Gasteiger partial charge in [-0.25, -0.2) is 9.59 Å². The van der Waals surface area contributed by atoms with E-state index < -0.39 is 24.6 Å². The molecule has 6 nitrogen and oxygen atoms in total. The van der Waals surface area contributed by atoms with Crippen LogP contribution in [-0.2, 0) is 4.79 Å². The fourth-order valence-corrected chi connectivity index (χ4v) is 2.02. The molecule has 1 aliphatic carbocycles. The summed E-state index contributed by atoms with van der Waals surface area (Å²) >= 11 is 0. The molecule has 0 spiro atoms. The van der Waals surface area contributed by atoms with Gasteiger partial charge in [-0.2, -0.15) is 0 Å². The summed E-state index contributed by atoms with van der Waals surface area (Å²) < 4.78 is 0. The molecule has 1 saturated carbocycles. The second-order valence-electron chi connectivity index (χ2n) is 4.43. The van der Waals surface area contributed by atoms with Crippen LogP contribution in [0.1, 0.15) is 32.1 Å². The number of rotatable bonds is 5. The molecular weight excluding hydrogens is 224 g/mol. The van der Waals surface area contributed by atoms with E-state index in [1.165, 1.54) is 19.3 Å². The van der Waals surface area contributed by atoms with Gasteiger partial charge in [0.05, 0.1) is 6.61 Å². The summed E-state index contributed by atoms with van der Waals surface area (Å²) in [5.74, 6) is -0.743. The lowest BCUT2D eigenvalue weighted by Gasteiger charge is -2.22. The highest BCUT2D eigenvalue weighted by atomic mass is 16.4. The molecule has 0 aliphatic heterocycles. The van der Waals surface area contributed by atoms with Crippen LogP contribution in [0, 0.1) is 5.92 Å². The molecule has 1 fully saturated rings. The third-order valence-corrected chi connectivity index (χ3v) is 3.06. The molecule has 0 unspecified atom stereocenters. The zero-order chi connectivity index (χ0) is 12.7. The SMILES string of the molecule is O=C(NCC1CCCCC1)N[C@@H](CO)C(=O)O. The maximum atomic E-state index is 11.4. The largest absolute Gasteiger partial charge is 0.480 e. The van der Waals surface area contributed by atoms with E-state index in [2.05, 4.69) is 10.6 Å². The number of carboxylic acid groups (broad SMARTS) is 1. The van der Waals surface area contributed by atoms with Crippen molar-refractivity contribution in [2.24, 2.45) is 5.92 Å². The Morgan fingerprint density at radius 2 is 1.88 bits per heavy atom. The van der Waals surface area contributed by atoms with E-state index in [-0.39, 0.29) is 0 Å². The first-order chi connectivity index (χ1) is 8.13. The lowest BCUT2D eigenvalue weighted by Crippen LogP contribution is -2.48. The summed E-state index contributed by atoms with van der Waals surface area (Å²) in [7, 11) is 0. The number of carbonyl (C=O) groups is 2. The highest BCUT2D eigenvalue weighted by molar-refractivity contribution is 5.82. The molecule has 6 heteroatoms. The molecule has 0 aromatic rings. The molecular formula is C11H20N2O4. The predicted molar refractivity (Wildman–Crippen MR) is 61.6 cm³/mol. The van der Waals surface area contributed by atoms with Gasteiger partial charge in [0.1, 0.15) is 0 Å². The minimum absolute atomic E-state index is 0.493. The van der Waals surface area contributed by atoms with Gasteiger partial charge in [0.15, 0.2) is 6.04 Å². The molecule has 17 heavy (non-hydrogen) atoms. The molecule has 0 heterocycles. The number of carboxylic acids is 1. The molecule has 0 aromatic carbocycles. The Hall–Kier alpha value is -1.30. The maximum Gasteiger partial charge on any atom is 0.328 e. The summed E-state index contributed by atoms with van der Waals surface area (Å²) in [6.07, 6.45) is 5.88. The minimum Gasteiger partial charge on any atom is -0.480 e. The Morgan fingerprint density at radius 1 is 1.24 bits per heavy atom. The van der Waals surface area contributed by atoms with Crippen LogP contribution < -0.4 is 10.6 Å². The molecule has 1 atom stereocenters. The number of amides is 2. The van der Waals surface area contributed by atoms with E-state index in [4.69, 9.17) is 10.2 Å². The molecule has 1 aliphatic rings. The minimum atomic E-state index is -1.24. The van der Waals surface area contributed by atoms with Crippen LogP contribution in [0.15, 0.2) is 0 Å². The summed E-state index contributed by atoms with van der Waals surface area (Å²) in [5.41, 5.74) is 0. The number of hydrogen-bond acceptors (Lipinski definition) is 3. The van der Waals surface area contributed by atoms with Crippen LogP contribution >= 0.6 is 0 Å². The van der Waals surface area contributed by atoms with Gasteiger partial charge in [-0.1, -0.05) is 19.3 Å². The van der Waals surface area contributed by atoms with Crippen LogP contribution in [0.4, 0.5) is 4.79 Å². The first-order valence-electron chi connectivity index (χ1n) is 6.01. The van der Waals surface area contributed by atoms with Gasteiger partial charge in [0.2, 0.25) is 0 Å². The maximum absolute atomic E-state index is 11.4. The summed E-state index contributed by atoms with van der Waals surface area (Å²) in [6.45, 7) is -0.0320. The van der Waals surface area contributed by atoms with Gasteiger partial charge >= 0.3 is 12.0 Å². The Balaban J connectivity index is 2.21. The van der Waals surface area contributed by atoms with Gasteiger partial charge in [0.25, 0.3) is 0 Å². The Bertz CT molecular complexity index is 264. The second-order valence-corrected chi connectivity index (χ2v) is 4.43. The zero-order valence-corrected chi connectivity index (χ0v) is 9.82. The van der Waals surface area contributed by atoms with Crippen LogP contribution in [0.25, 0.3) is 0 Å². The van der Waals surface area contributed by atoms with E-state index in [9.17, 15) is 9.59 Å². The predicted octanol–water partition coefficient (Wildman–Crippen LogP) is 0.311. The van der Waals surface area contributed by atoms with E-state index >= 15 is 0 Å². The third kappa shape index (κ3) is 5.04. The molecule has 98 valence electrons. The number of aliphatic hydroxyl groups is 1. The van der Waals surface area contributed by atoms with Crippen LogP contribution in [0.3, 0.4) is 0 Å². The number of aliphatic carboxylic acids is 1. The highest BCUT2D eigenvalue weighted by Gasteiger charge is 2.19. The highest BCUT2D eigenvalue weighted by Crippen LogP contribution is 2.22. The Labute approximate surface area is 100 Å². The van der Waals surface area contributed by atoms with Crippen molar-refractivity contribution < 1.29 is 19.8 Å². The quantitative estimate of drug-likeness (QED) is 0.559. The van der Waals surface area contributed by atoms with E-state index in [1.54, 1.807) is 0 Å². The van der Waals surface area contributed by atoms with Crippen LogP contribution in [0.5, 0.6) is 0 Å². The van der Waals surface area contributed by atoms with Crippen molar-refractivity contribution in [3.05, 3.63) is 0 Å². The number of aliphatic hydroxyl groups excluding tert-OH is 1. The lowest BCUT2D eigenvalue weighted by atomic mass is 9.89. The van der Waals surface area contributed by atoms with Crippen molar-refractivity contribution in [2.75, 3.05) is 13.2 Å². The molecule has 0 bridgehead atoms.